The molecule has 0 bridgehead atoms. The number of halogens is 3. The fourth-order valence-corrected chi connectivity index (χ4v) is 4.86. The lowest BCUT2D eigenvalue weighted by molar-refractivity contribution is 0.0900. The molecule has 0 spiro atoms. The van der Waals surface area contributed by atoms with Crippen molar-refractivity contribution in [2.45, 2.75) is 52.5 Å². The van der Waals surface area contributed by atoms with Crippen molar-refractivity contribution >= 4 is 51.8 Å². The third kappa shape index (κ3) is 4.86. The molecule has 0 radical (unpaired) electrons. The van der Waals surface area contributed by atoms with Crippen LogP contribution in [0.3, 0.4) is 0 Å². The summed E-state index contributed by atoms with van der Waals surface area (Å²) in [6.45, 7) is 6.77. The number of nitrogens with one attached hydrogen (secondary N) is 3. The minimum absolute atomic E-state index is 0.00993. The quantitative estimate of drug-likeness (QED) is 0.376. The highest BCUT2D eigenvalue weighted by atomic mass is 35.5. The molecule has 0 atom stereocenters. The highest BCUT2D eigenvalue weighted by Gasteiger charge is 2.30. The van der Waals surface area contributed by atoms with E-state index in [2.05, 4.69) is 41.4 Å². The number of aromatic nitrogens is 2. The summed E-state index contributed by atoms with van der Waals surface area (Å²) < 4.78 is 14.7. The van der Waals surface area contributed by atoms with Crippen LogP contribution < -0.4 is 10.6 Å². The van der Waals surface area contributed by atoms with Crippen LogP contribution in [0.5, 0.6) is 0 Å². The normalized spacial score (nSPS) is 19.2. The van der Waals surface area contributed by atoms with Crippen LogP contribution in [0.4, 0.5) is 16.0 Å². The van der Waals surface area contributed by atoms with Crippen molar-refractivity contribution in [1.29, 1.82) is 0 Å². The first-order valence-electron chi connectivity index (χ1n) is 10.8. The van der Waals surface area contributed by atoms with E-state index in [-0.39, 0.29) is 17.0 Å². The summed E-state index contributed by atoms with van der Waals surface area (Å²) in [5.74, 6) is -0.00239. The predicted molar refractivity (Wildman–Crippen MR) is 128 cm³/mol. The van der Waals surface area contributed by atoms with Crippen molar-refractivity contribution in [3.8, 4) is 0 Å². The Bertz CT molecular complexity index is 1130. The summed E-state index contributed by atoms with van der Waals surface area (Å²) >= 11 is 12.4. The maximum Gasteiger partial charge on any atom is 0.254 e. The van der Waals surface area contributed by atoms with Crippen LogP contribution in [0.2, 0.25) is 10.0 Å². The molecular weight excluding hydrogens is 450 g/mol. The molecule has 3 aromatic rings. The molecule has 5 nitrogen and oxygen atoms in total. The SMILES string of the molecule is CC(C)(C)[C@H]1CC[C@@H](NC(=O)c2cc3nc(Nc4c(Cl)cccc4Cl)[nH]c3cc2F)CC1. The molecule has 1 amide bonds. The first-order valence-corrected chi connectivity index (χ1v) is 11.6. The van der Waals surface area contributed by atoms with Gasteiger partial charge in [-0.15, -0.1) is 0 Å². The molecule has 1 aliphatic carbocycles. The molecule has 4 rings (SSSR count). The van der Waals surface area contributed by atoms with E-state index in [1.807, 2.05) is 0 Å². The number of benzene rings is 2. The highest BCUT2D eigenvalue weighted by Crippen LogP contribution is 2.38. The standard InChI is InChI=1S/C24H27Cl2FN4O/c1-24(2,3)13-7-9-14(10-8-13)28-22(32)15-11-19-20(12-18(15)27)30-23(29-19)31-21-16(25)5-4-6-17(21)26/h4-6,11-14H,7-10H2,1-3H3,(H,28,32)(H2,29,30,31)/t13-,14+. The second-order valence-electron chi connectivity index (χ2n) is 9.54. The average molecular weight is 477 g/mol. The third-order valence-electron chi connectivity index (χ3n) is 6.31. The molecule has 1 saturated carbocycles. The van der Waals surface area contributed by atoms with E-state index in [9.17, 15) is 9.18 Å². The van der Waals surface area contributed by atoms with E-state index in [4.69, 9.17) is 23.2 Å². The number of para-hydroxylation sites is 1. The smallest absolute Gasteiger partial charge is 0.254 e. The minimum atomic E-state index is -0.593. The van der Waals surface area contributed by atoms with E-state index in [0.29, 0.717) is 38.6 Å². The van der Waals surface area contributed by atoms with Crippen LogP contribution >= 0.6 is 23.2 Å². The number of aromatic amines is 1. The number of nitrogens with zero attached hydrogens (tertiary/aromatic N) is 1. The average Bonchev–Trinajstić information content (AvgIpc) is 3.11. The summed E-state index contributed by atoms with van der Waals surface area (Å²) in [6, 6.07) is 7.97. The summed E-state index contributed by atoms with van der Waals surface area (Å²) in [7, 11) is 0. The topological polar surface area (TPSA) is 69.8 Å². The van der Waals surface area contributed by atoms with Crippen molar-refractivity contribution in [2.24, 2.45) is 11.3 Å². The van der Waals surface area contributed by atoms with Crippen LogP contribution in [-0.2, 0) is 0 Å². The van der Waals surface area contributed by atoms with Crippen molar-refractivity contribution in [3.05, 3.63) is 51.8 Å². The summed E-state index contributed by atoms with van der Waals surface area (Å²) in [4.78, 5) is 20.2. The zero-order valence-electron chi connectivity index (χ0n) is 18.4. The van der Waals surface area contributed by atoms with Crippen molar-refractivity contribution < 1.29 is 9.18 Å². The second kappa shape index (κ2) is 8.91. The van der Waals surface area contributed by atoms with Crippen LogP contribution in [0.1, 0.15) is 56.8 Å². The van der Waals surface area contributed by atoms with Gasteiger partial charge < -0.3 is 15.6 Å². The lowest BCUT2D eigenvalue weighted by Gasteiger charge is -2.37. The molecule has 3 N–H and O–H groups in total. The maximum absolute atomic E-state index is 14.7. The second-order valence-corrected chi connectivity index (χ2v) is 10.4. The number of carbonyl (C=O) groups is 1. The molecular formula is C24H27Cl2FN4O. The minimum Gasteiger partial charge on any atom is -0.349 e. The molecule has 0 aliphatic heterocycles. The number of amides is 1. The predicted octanol–water partition coefficient (Wildman–Crippen LogP) is 7.09. The Morgan fingerprint density at radius 3 is 2.41 bits per heavy atom. The lowest BCUT2D eigenvalue weighted by atomic mass is 9.71. The first-order chi connectivity index (χ1) is 15.1. The van der Waals surface area contributed by atoms with Crippen LogP contribution in [-0.4, -0.2) is 21.9 Å². The van der Waals surface area contributed by atoms with Crippen molar-refractivity contribution in [1.82, 2.24) is 15.3 Å². The fourth-order valence-electron chi connectivity index (χ4n) is 4.37. The van der Waals surface area contributed by atoms with E-state index in [0.717, 1.165) is 25.7 Å². The van der Waals surface area contributed by atoms with Gasteiger partial charge in [-0.05, 0) is 55.2 Å². The molecule has 0 saturated heterocycles. The molecule has 1 fully saturated rings. The first kappa shape index (κ1) is 22.9. The molecule has 170 valence electrons. The summed E-state index contributed by atoms with van der Waals surface area (Å²) in [6.07, 6.45) is 3.95. The number of hydrogen-bond donors (Lipinski definition) is 3. The van der Waals surface area contributed by atoms with Crippen LogP contribution in [0.25, 0.3) is 11.0 Å². The fraction of sp³-hybridized carbons (Fsp3) is 0.417. The molecule has 1 aliphatic rings. The van der Waals surface area contributed by atoms with Crippen LogP contribution in [0.15, 0.2) is 30.3 Å². The largest absolute Gasteiger partial charge is 0.349 e. The summed E-state index contributed by atoms with van der Waals surface area (Å²) in [5.41, 5.74) is 1.70. The van der Waals surface area contributed by atoms with Gasteiger partial charge in [0, 0.05) is 12.1 Å². The molecule has 0 unspecified atom stereocenters. The van der Waals surface area contributed by atoms with E-state index >= 15 is 0 Å². The summed E-state index contributed by atoms with van der Waals surface area (Å²) in [5, 5.41) is 6.90. The maximum atomic E-state index is 14.7. The van der Waals surface area contributed by atoms with E-state index in [1.54, 1.807) is 18.2 Å². The molecule has 1 heterocycles. The van der Waals surface area contributed by atoms with Gasteiger partial charge in [-0.1, -0.05) is 50.0 Å². The van der Waals surface area contributed by atoms with Gasteiger partial charge in [0.1, 0.15) is 5.82 Å². The van der Waals surface area contributed by atoms with Gasteiger partial charge in [0.25, 0.3) is 5.91 Å². The van der Waals surface area contributed by atoms with Crippen LogP contribution in [0, 0.1) is 17.2 Å². The Labute approximate surface area is 197 Å². The van der Waals surface area contributed by atoms with E-state index in [1.165, 1.54) is 12.1 Å². The Hall–Kier alpha value is -2.31. The molecule has 8 heteroatoms. The lowest BCUT2D eigenvalue weighted by Crippen LogP contribution is -2.39. The third-order valence-corrected chi connectivity index (χ3v) is 6.94. The number of carbonyl (C=O) groups excluding carboxylic acids is 1. The van der Waals surface area contributed by atoms with Gasteiger partial charge in [0.15, 0.2) is 0 Å². The molecule has 32 heavy (non-hydrogen) atoms. The van der Waals surface area contributed by atoms with Gasteiger partial charge >= 0.3 is 0 Å². The number of rotatable bonds is 4. The Balaban J connectivity index is 1.49. The zero-order chi connectivity index (χ0) is 23.0. The molecule has 2 aromatic carbocycles. The molecule has 1 aromatic heterocycles. The van der Waals surface area contributed by atoms with Gasteiger partial charge in [-0.2, -0.15) is 0 Å². The Morgan fingerprint density at radius 1 is 1.12 bits per heavy atom. The number of imidazole rings is 1. The number of H-pyrrole nitrogens is 1. The van der Waals surface area contributed by atoms with Crippen molar-refractivity contribution in [3.63, 3.8) is 0 Å². The highest BCUT2D eigenvalue weighted by molar-refractivity contribution is 6.39. The number of anilines is 2. The Kier molecular flexibility index (Phi) is 6.37. The number of hydrogen-bond acceptors (Lipinski definition) is 3. The van der Waals surface area contributed by atoms with Gasteiger partial charge in [0.05, 0.1) is 32.3 Å². The number of fused-ring (bicyclic) bond motifs is 1. The van der Waals surface area contributed by atoms with Gasteiger partial charge in [-0.3, -0.25) is 4.79 Å². The van der Waals surface area contributed by atoms with Gasteiger partial charge in [0.2, 0.25) is 5.95 Å². The Morgan fingerprint density at radius 2 is 1.78 bits per heavy atom. The van der Waals surface area contributed by atoms with Gasteiger partial charge in [-0.25, -0.2) is 9.37 Å². The van der Waals surface area contributed by atoms with E-state index < -0.39 is 11.7 Å². The monoisotopic (exact) mass is 476 g/mol. The van der Waals surface area contributed by atoms with Crippen molar-refractivity contribution in [2.75, 3.05) is 5.32 Å². The zero-order valence-corrected chi connectivity index (χ0v) is 19.9.